The molecule has 2 heterocycles. The van der Waals surface area contributed by atoms with Crippen LogP contribution in [-0.2, 0) is 28.0 Å². The molecule has 5 rings (SSSR count). The minimum atomic E-state index is -3.04. The van der Waals surface area contributed by atoms with Crippen LogP contribution in [0.3, 0.4) is 0 Å². The Hall–Kier alpha value is -6.31. The van der Waals surface area contributed by atoms with Gasteiger partial charge >= 0.3 is 0 Å². The van der Waals surface area contributed by atoms with E-state index < -0.39 is 36.1 Å². The highest BCUT2D eigenvalue weighted by Gasteiger charge is 2.34. The molecule has 0 saturated heterocycles. The molecular weight excluding hydrogens is 725 g/mol. The lowest BCUT2D eigenvalue weighted by atomic mass is 10.0. The van der Waals surface area contributed by atoms with Gasteiger partial charge in [-0.25, -0.2) is 4.98 Å². The van der Waals surface area contributed by atoms with Crippen molar-refractivity contribution >= 4 is 57.3 Å². The van der Waals surface area contributed by atoms with Gasteiger partial charge in [0, 0.05) is 26.2 Å². The number of rotatable bonds is 17. The van der Waals surface area contributed by atoms with Crippen molar-refractivity contribution in [2.45, 2.75) is 52.1 Å². The van der Waals surface area contributed by atoms with Crippen molar-refractivity contribution in [2.75, 3.05) is 11.9 Å². The molecule has 3 aromatic carbocycles. The molecule has 1 atom stereocenters. The standard InChI is InChI=1S/C43H46N7O5P/c1-4-31(5-2)27-46-40(52)29-50-25-15-22-36(43(50)55)48-41(53)35(47-42(54)37-28-45-30-49(37)3)23-24-38(51)39(26-44)56(32-16-9-6-10-17-32,33-18-11-7-12-19-33)34-20-13-8-14-21-34/h6-22,25,28,30-31,35H,4-5,23-24,27,29H2,1-3H3,(H,46,52)(H,47,54)(H,48,53)/t35-/m0/s1. The molecule has 5 aromatic rings. The quantitative estimate of drug-likeness (QED) is 0.121. The van der Waals surface area contributed by atoms with Crippen LogP contribution in [0.1, 0.15) is 50.0 Å². The van der Waals surface area contributed by atoms with Crippen molar-refractivity contribution in [3.05, 3.63) is 138 Å². The van der Waals surface area contributed by atoms with Crippen molar-refractivity contribution in [1.82, 2.24) is 24.8 Å². The summed E-state index contributed by atoms with van der Waals surface area (Å²) in [7, 11) is 1.63. The number of aromatic nitrogens is 3. The molecule has 0 aliphatic rings. The summed E-state index contributed by atoms with van der Waals surface area (Å²) >= 11 is 0. The third-order valence-electron chi connectivity index (χ3n) is 9.80. The minimum Gasteiger partial charge on any atom is -0.354 e. The van der Waals surface area contributed by atoms with Gasteiger partial charge < -0.3 is 25.1 Å². The summed E-state index contributed by atoms with van der Waals surface area (Å²) in [6.45, 7) is 1.30. The van der Waals surface area contributed by atoms with E-state index in [2.05, 4.69) is 40.9 Å². The highest BCUT2D eigenvalue weighted by atomic mass is 31.2. The summed E-state index contributed by atoms with van der Waals surface area (Å²) in [5, 5.41) is 21.6. The zero-order valence-electron chi connectivity index (χ0n) is 31.7. The summed E-state index contributed by atoms with van der Waals surface area (Å²) in [5.74, 6) is -1.88. The van der Waals surface area contributed by atoms with Gasteiger partial charge in [-0.05, 0) is 47.3 Å². The van der Waals surface area contributed by atoms with Crippen LogP contribution in [0, 0.1) is 17.2 Å². The summed E-state index contributed by atoms with van der Waals surface area (Å²) in [4.78, 5) is 72.1. The Balaban J connectivity index is 1.49. The van der Waals surface area contributed by atoms with Crippen molar-refractivity contribution in [1.29, 1.82) is 5.26 Å². The van der Waals surface area contributed by atoms with Gasteiger partial charge in [0.1, 0.15) is 35.3 Å². The van der Waals surface area contributed by atoms with Crippen LogP contribution in [0.15, 0.2) is 127 Å². The Kier molecular flexibility index (Phi) is 14.1. The maximum absolute atomic E-state index is 14.5. The van der Waals surface area contributed by atoms with Crippen LogP contribution < -0.4 is 37.4 Å². The van der Waals surface area contributed by atoms with Crippen LogP contribution >= 0.6 is 6.89 Å². The number of nitrogens with one attached hydrogen (secondary N) is 3. The predicted molar refractivity (Wildman–Crippen MR) is 221 cm³/mol. The highest BCUT2D eigenvalue weighted by Crippen LogP contribution is 2.46. The lowest BCUT2D eigenvalue weighted by molar-refractivity contribution is -0.122. The van der Waals surface area contributed by atoms with Crippen molar-refractivity contribution in [2.24, 2.45) is 13.0 Å². The molecule has 288 valence electrons. The Labute approximate surface area is 326 Å². The number of nitriles is 1. The van der Waals surface area contributed by atoms with Crippen molar-refractivity contribution < 1.29 is 19.2 Å². The first-order valence-corrected chi connectivity index (χ1v) is 20.3. The second kappa shape index (κ2) is 19.3. The summed E-state index contributed by atoms with van der Waals surface area (Å²) < 4.78 is 2.68. The molecule has 0 bridgehead atoms. The molecule has 3 amide bonds. The van der Waals surface area contributed by atoms with Crippen LogP contribution in [-0.4, -0.2) is 55.5 Å². The molecule has 0 fully saturated rings. The molecule has 3 N–H and O–H groups in total. The fourth-order valence-corrected chi connectivity index (χ4v) is 10.8. The van der Waals surface area contributed by atoms with Crippen LogP contribution in [0.4, 0.5) is 5.69 Å². The fourth-order valence-electron chi connectivity index (χ4n) is 6.61. The number of pyridine rings is 1. The number of anilines is 1. The van der Waals surface area contributed by atoms with E-state index in [1.54, 1.807) is 7.05 Å². The third kappa shape index (κ3) is 9.31. The molecule has 0 radical (unpaired) electrons. The Bertz CT molecular complexity index is 2210. The highest BCUT2D eigenvalue weighted by molar-refractivity contribution is 7.96. The Morgan fingerprint density at radius 3 is 1.91 bits per heavy atom. The first kappa shape index (κ1) is 40.9. The van der Waals surface area contributed by atoms with Gasteiger partial charge in [-0.15, -0.1) is 0 Å². The van der Waals surface area contributed by atoms with E-state index in [0.717, 1.165) is 28.8 Å². The van der Waals surface area contributed by atoms with Gasteiger partial charge in [-0.3, -0.25) is 24.0 Å². The topological polar surface area (TPSA) is 168 Å². The monoisotopic (exact) mass is 771 g/mol. The maximum Gasteiger partial charge on any atom is 0.274 e. The number of aryl methyl sites for hydroxylation is 1. The van der Waals surface area contributed by atoms with Crippen LogP contribution in [0.25, 0.3) is 0 Å². The number of carbonyl (C=O) groups is 4. The normalized spacial score (nSPS) is 11.6. The zero-order chi connectivity index (χ0) is 40.1. The minimum absolute atomic E-state index is 0.0478. The smallest absolute Gasteiger partial charge is 0.274 e. The Morgan fingerprint density at radius 1 is 0.839 bits per heavy atom. The molecule has 56 heavy (non-hydrogen) atoms. The number of carbonyl (C=O) groups excluding carboxylic acids is 4. The number of imidazole rings is 1. The van der Waals surface area contributed by atoms with Gasteiger partial charge in [-0.1, -0.05) is 118 Å². The van der Waals surface area contributed by atoms with E-state index in [0.29, 0.717) is 12.5 Å². The van der Waals surface area contributed by atoms with Gasteiger partial charge in [0.2, 0.25) is 11.8 Å². The number of hydrogen-bond donors (Lipinski definition) is 3. The SMILES string of the molecule is CCC(CC)CNC(=O)Cn1cccc(NC(=O)[C@H](CCC(=O)C(C#N)=P(c2ccccc2)(c2ccccc2)c2ccccc2)NC(=O)c2cncn2C)c1=O. The van der Waals surface area contributed by atoms with Gasteiger partial charge in [0.25, 0.3) is 11.5 Å². The maximum atomic E-state index is 14.5. The largest absolute Gasteiger partial charge is 0.354 e. The first-order chi connectivity index (χ1) is 27.1. The number of Topliss-reactive ketones (excluding diaryl/α,β-unsaturated/α-hetero) is 1. The van der Waals surface area contributed by atoms with E-state index in [4.69, 9.17) is 0 Å². The van der Waals surface area contributed by atoms with Crippen LogP contribution in [0.5, 0.6) is 0 Å². The van der Waals surface area contributed by atoms with Crippen molar-refractivity contribution in [3.63, 3.8) is 0 Å². The van der Waals surface area contributed by atoms with E-state index in [1.807, 2.05) is 91.0 Å². The van der Waals surface area contributed by atoms with E-state index in [1.165, 1.54) is 40.0 Å². The summed E-state index contributed by atoms with van der Waals surface area (Å²) in [5.41, 5.74) is -0.556. The lowest BCUT2D eigenvalue weighted by Gasteiger charge is -2.30. The van der Waals surface area contributed by atoms with Gasteiger partial charge in [-0.2, -0.15) is 5.26 Å². The van der Waals surface area contributed by atoms with E-state index in [9.17, 15) is 29.2 Å². The van der Waals surface area contributed by atoms with Crippen LogP contribution in [0.2, 0.25) is 0 Å². The molecule has 2 aromatic heterocycles. The second-order valence-electron chi connectivity index (χ2n) is 13.3. The van der Waals surface area contributed by atoms with E-state index in [-0.39, 0.29) is 42.0 Å². The first-order valence-electron chi connectivity index (χ1n) is 18.5. The van der Waals surface area contributed by atoms with Gasteiger partial charge in [0.15, 0.2) is 5.78 Å². The number of benzene rings is 3. The molecule has 0 aliphatic carbocycles. The third-order valence-corrected chi connectivity index (χ3v) is 14.0. The van der Waals surface area contributed by atoms with Gasteiger partial charge in [0.05, 0.1) is 12.5 Å². The number of hydrogen-bond acceptors (Lipinski definition) is 7. The number of nitrogens with zero attached hydrogens (tertiary/aromatic N) is 4. The zero-order valence-corrected chi connectivity index (χ0v) is 32.6. The molecule has 0 unspecified atom stereocenters. The van der Waals surface area contributed by atoms with E-state index >= 15 is 0 Å². The number of amides is 3. The number of ketones is 1. The Morgan fingerprint density at radius 2 is 1.41 bits per heavy atom. The molecule has 13 heteroatoms. The molecular formula is C43H46N7O5P. The average Bonchev–Trinajstić information content (AvgIpc) is 3.66. The lowest BCUT2D eigenvalue weighted by Crippen LogP contribution is -2.45. The average molecular weight is 772 g/mol. The predicted octanol–water partition coefficient (Wildman–Crippen LogP) is 3.91. The fraction of sp³-hybridized carbons (Fsp3) is 0.256. The second-order valence-corrected chi connectivity index (χ2v) is 16.7. The molecule has 0 spiro atoms. The summed E-state index contributed by atoms with van der Waals surface area (Å²) in [6, 6.07) is 32.4. The molecule has 12 nitrogen and oxygen atoms in total. The summed E-state index contributed by atoms with van der Waals surface area (Å²) in [6.07, 6.45) is 5.58. The van der Waals surface area contributed by atoms with Crippen molar-refractivity contribution in [3.8, 4) is 6.07 Å². The molecule has 0 aliphatic heterocycles. The molecule has 0 saturated carbocycles.